The minimum atomic E-state index is 0.459. The maximum atomic E-state index is 3.51. The van der Waals surface area contributed by atoms with Crippen molar-refractivity contribution in [3.05, 3.63) is 41.0 Å². The summed E-state index contributed by atoms with van der Waals surface area (Å²) in [4.78, 5) is 0. The standard InChI is InChI=1S/C16H25N/c1-5-11-17-14(4)13(3)12-16-9-7-15(6-2)8-10-16/h7-10,12,14,17H,5-6,11H2,1-4H3/b13-12+. The highest BCUT2D eigenvalue weighted by Gasteiger charge is 2.02. The molecule has 0 aliphatic carbocycles. The van der Waals surface area contributed by atoms with Crippen LogP contribution in [0.2, 0.25) is 0 Å². The summed E-state index contributed by atoms with van der Waals surface area (Å²) in [6, 6.07) is 9.29. The first-order valence-corrected chi connectivity index (χ1v) is 6.67. The van der Waals surface area contributed by atoms with Crippen molar-refractivity contribution >= 4 is 6.08 Å². The Morgan fingerprint density at radius 3 is 2.41 bits per heavy atom. The summed E-state index contributed by atoms with van der Waals surface area (Å²) in [5, 5.41) is 3.51. The molecule has 1 atom stereocenters. The predicted molar refractivity (Wildman–Crippen MR) is 77.2 cm³/mol. The third kappa shape index (κ3) is 4.74. The Kier molecular flexibility index (Phi) is 5.99. The zero-order valence-corrected chi connectivity index (χ0v) is 11.6. The van der Waals surface area contributed by atoms with Gasteiger partial charge in [0.25, 0.3) is 0 Å². The number of nitrogens with one attached hydrogen (secondary N) is 1. The molecule has 94 valence electrons. The topological polar surface area (TPSA) is 12.0 Å². The van der Waals surface area contributed by atoms with Crippen LogP contribution in [0.25, 0.3) is 6.08 Å². The number of benzene rings is 1. The van der Waals surface area contributed by atoms with Crippen molar-refractivity contribution in [1.29, 1.82) is 0 Å². The van der Waals surface area contributed by atoms with E-state index >= 15 is 0 Å². The summed E-state index contributed by atoms with van der Waals surface area (Å²) in [7, 11) is 0. The Morgan fingerprint density at radius 1 is 1.24 bits per heavy atom. The first-order valence-electron chi connectivity index (χ1n) is 6.67. The maximum Gasteiger partial charge on any atom is 0.0251 e. The van der Waals surface area contributed by atoms with Gasteiger partial charge in [-0.15, -0.1) is 0 Å². The van der Waals surface area contributed by atoms with Gasteiger partial charge in [0, 0.05) is 6.04 Å². The highest BCUT2D eigenvalue weighted by molar-refractivity contribution is 5.53. The molecule has 1 heteroatoms. The number of rotatable bonds is 6. The highest BCUT2D eigenvalue weighted by atomic mass is 14.9. The van der Waals surface area contributed by atoms with Gasteiger partial charge in [0.15, 0.2) is 0 Å². The summed E-state index contributed by atoms with van der Waals surface area (Å²) in [6.45, 7) is 9.89. The fourth-order valence-electron chi connectivity index (χ4n) is 1.76. The van der Waals surface area contributed by atoms with Crippen LogP contribution < -0.4 is 5.32 Å². The Balaban J connectivity index is 2.65. The van der Waals surface area contributed by atoms with Crippen molar-refractivity contribution in [3.63, 3.8) is 0 Å². The third-order valence-corrected chi connectivity index (χ3v) is 3.17. The van der Waals surface area contributed by atoms with Crippen LogP contribution in [-0.4, -0.2) is 12.6 Å². The van der Waals surface area contributed by atoms with Gasteiger partial charge in [0.05, 0.1) is 0 Å². The summed E-state index contributed by atoms with van der Waals surface area (Å²) in [6.07, 6.45) is 4.56. The van der Waals surface area contributed by atoms with E-state index in [9.17, 15) is 0 Å². The molecule has 0 saturated carbocycles. The summed E-state index contributed by atoms with van der Waals surface area (Å²) in [5.74, 6) is 0. The highest BCUT2D eigenvalue weighted by Crippen LogP contribution is 2.11. The van der Waals surface area contributed by atoms with Gasteiger partial charge in [-0.25, -0.2) is 0 Å². The van der Waals surface area contributed by atoms with Crippen molar-refractivity contribution in [2.24, 2.45) is 0 Å². The lowest BCUT2D eigenvalue weighted by atomic mass is 10.0. The zero-order valence-electron chi connectivity index (χ0n) is 11.6. The van der Waals surface area contributed by atoms with Crippen LogP contribution >= 0.6 is 0 Å². The van der Waals surface area contributed by atoms with Crippen LogP contribution in [-0.2, 0) is 6.42 Å². The van der Waals surface area contributed by atoms with E-state index in [4.69, 9.17) is 0 Å². The largest absolute Gasteiger partial charge is 0.311 e. The molecule has 0 aliphatic rings. The van der Waals surface area contributed by atoms with Crippen molar-refractivity contribution in [1.82, 2.24) is 5.32 Å². The lowest BCUT2D eigenvalue weighted by Crippen LogP contribution is -2.27. The smallest absolute Gasteiger partial charge is 0.0251 e. The van der Waals surface area contributed by atoms with Crippen molar-refractivity contribution < 1.29 is 0 Å². The van der Waals surface area contributed by atoms with Gasteiger partial charge in [-0.3, -0.25) is 0 Å². The number of hydrogen-bond donors (Lipinski definition) is 1. The normalized spacial score (nSPS) is 13.8. The molecule has 0 radical (unpaired) electrons. The van der Waals surface area contributed by atoms with Gasteiger partial charge in [-0.1, -0.05) is 49.8 Å². The summed E-state index contributed by atoms with van der Waals surface area (Å²) < 4.78 is 0. The molecule has 0 aromatic heterocycles. The molecule has 1 unspecified atom stereocenters. The van der Waals surface area contributed by atoms with E-state index in [1.807, 2.05) is 0 Å². The first kappa shape index (κ1) is 14.0. The average Bonchev–Trinajstić information content (AvgIpc) is 2.36. The van der Waals surface area contributed by atoms with Gasteiger partial charge in [-0.2, -0.15) is 0 Å². The van der Waals surface area contributed by atoms with E-state index in [2.05, 4.69) is 63.4 Å². The van der Waals surface area contributed by atoms with Crippen molar-refractivity contribution in [2.45, 2.75) is 46.6 Å². The molecule has 1 rings (SSSR count). The molecule has 1 nitrogen and oxygen atoms in total. The van der Waals surface area contributed by atoms with Gasteiger partial charge in [0.2, 0.25) is 0 Å². The maximum absolute atomic E-state index is 3.51. The van der Waals surface area contributed by atoms with E-state index in [1.54, 1.807) is 0 Å². The van der Waals surface area contributed by atoms with Crippen LogP contribution in [0.15, 0.2) is 29.8 Å². The van der Waals surface area contributed by atoms with Gasteiger partial charge >= 0.3 is 0 Å². The second kappa shape index (κ2) is 7.29. The SMILES string of the molecule is CCCNC(C)/C(C)=C/c1ccc(CC)cc1. The fraction of sp³-hybridized carbons (Fsp3) is 0.500. The molecule has 17 heavy (non-hydrogen) atoms. The second-order valence-corrected chi connectivity index (χ2v) is 4.66. The molecule has 1 aromatic carbocycles. The van der Waals surface area contributed by atoms with Crippen molar-refractivity contribution in [3.8, 4) is 0 Å². The van der Waals surface area contributed by atoms with E-state index in [0.717, 1.165) is 13.0 Å². The van der Waals surface area contributed by atoms with Gasteiger partial charge in [-0.05, 0) is 44.4 Å². The molecule has 0 aliphatic heterocycles. The van der Waals surface area contributed by atoms with Crippen LogP contribution in [0.5, 0.6) is 0 Å². The predicted octanol–water partition coefficient (Wildman–Crippen LogP) is 4.04. The molecular weight excluding hydrogens is 206 g/mol. The Bertz CT molecular complexity index is 348. The van der Waals surface area contributed by atoms with E-state index in [-0.39, 0.29) is 0 Å². The van der Waals surface area contributed by atoms with E-state index < -0.39 is 0 Å². The molecule has 1 N–H and O–H groups in total. The Labute approximate surface area is 106 Å². The van der Waals surface area contributed by atoms with Gasteiger partial charge < -0.3 is 5.32 Å². The Morgan fingerprint density at radius 2 is 1.88 bits per heavy atom. The quantitative estimate of drug-likeness (QED) is 0.779. The van der Waals surface area contributed by atoms with Gasteiger partial charge in [0.1, 0.15) is 0 Å². The van der Waals surface area contributed by atoms with Crippen LogP contribution in [0.3, 0.4) is 0 Å². The Hall–Kier alpha value is -1.08. The number of hydrogen-bond acceptors (Lipinski definition) is 1. The lowest BCUT2D eigenvalue weighted by Gasteiger charge is -2.14. The number of aryl methyl sites for hydroxylation is 1. The zero-order chi connectivity index (χ0) is 12.7. The monoisotopic (exact) mass is 231 g/mol. The second-order valence-electron chi connectivity index (χ2n) is 4.66. The van der Waals surface area contributed by atoms with Crippen LogP contribution in [0, 0.1) is 0 Å². The molecule has 0 heterocycles. The summed E-state index contributed by atoms with van der Waals surface area (Å²) >= 11 is 0. The lowest BCUT2D eigenvalue weighted by molar-refractivity contribution is 0.604. The minimum absolute atomic E-state index is 0.459. The summed E-state index contributed by atoms with van der Waals surface area (Å²) in [5.41, 5.74) is 4.09. The molecule has 0 spiro atoms. The van der Waals surface area contributed by atoms with Crippen LogP contribution in [0.1, 0.15) is 45.2 Å². The molecule has 1 aromatic rings. The molecular formula is C16H25N. The minimum Gasteiger partial charge on any atom is -0.311 e. The fourth-order valence-corrected chi connectivity index (χ4v) is 1.76. The molecule has 0 saturated heterocycles. The van der Waals surface area contributed by atoms with Crippen LogP contribution in [0.4, 0.5) is 0 Å². The molecule has 0 fully saturated rings. The van der Waals surface area contributed by atoms with Crippen molar-refractivity contribution in [2.75, 3.05) is 6.54 Å². The average molecular weight is 231 g/mol. The first-order chi connectivity index (χ1) is 8.17. The third-order valence-electron chi connectivity index (χ3n) is 3.17. The molecule has 0 amide bonds. The molecule has 0 bridgehead atoms. The van der Waals surface area contributed by atoms with E-state index in [1.165, 1.54) is 23.1 Å². The van der Waals surface area contributed by atoms with E-state index in [0.29, 0.717) is 6.04 Å².